The summed E-state index contributed by atoms with van der Waals surface area (Å²) in [5.41, 5.74) is 4.92. The van der Waals surface area contributed by atoms with E-state index in [4.69, 9.17) is 4.99 Å². The third kappa shape index (κ3) is 3.30. The molecule has 5 rings (SSSR count). The van der Waals surface area contributed by atoms with Crippen molar-refractivity contribution in [2.75, 3.05) is 4.90 Å². The molecule has 4 aliphatic rings. The number of fused-ring (bicyclic) bond motifs is 2. The first-order valence-electron chi connectivity index (χ1n) is 10.3. The lowest BCUT2D eigenvalue weighted by atomic mass is 9.84. The molecule has 144 valence electrons. The van der Waals surface area contributed by atoms with E-state index in [1.807, 2.05) is 18.0 Å². The van der Waals surface area contributed by atoms with Crippen LogP contribution in [0.2, 0.25) is 0 Å². The van der Waals surface area contributed by atoms with Crippen molar-refractivity contribution < 1.29 is 0 Å². The maximum absolute atomic E-state index is 9.34. The average molecular weight is 398 g/mol. The van der Waals surface area contributed by atoms with E-state index in [2.05, 4.69) is 77.8 Å². The van der Waals surface area contributed by atoms with E-state index in [9.17, 15) is 5.26 Å². The van der Waals surface area contributed by atoms with Crippen LogP contribution in [-0.2, 0) is 0 Å². The number of hydrogen-bond donors (Lipinski definition) is 0. The molecule has 4 heteroatoms. The fourth-order valence-corrected chi connectivity index (χ4v) is 5.86. The minimum atomic E-state index is 0.188. The maximum atomic E-state index is 9.34. The topological polar surface area (TPSA) is 39.4 Å². The van der Waals surface area contributed by atoms with E-state index >= 15 is 0 Å². The number of thioether (sulfide) groups is 1. The van der Waals surface area contributed by atoms with Crippen molar-refractivity contribution in [1.82, 2.24) is 0 Å². The fourth-order valence-electron chi connectivity index (χ4n) is 4.60. The Bertz CT molecular complexity index is 1030. The van der Waals surface area contributed by atoms with Gasteiger partial charge in [0.2, 0.25) is 0 Å². The van der Waals surface area contributed by atoms with Gasteiger partial charge in [-0.25, -0.2) is 0 Å². The second-order valence-corrected chi connectivity index (χ2v) is 8.90. The summed E-state index contributed by atoms with van der Waals surface area (Å²) in [4.78, 5) is 8.61. The van der Waals surface area contributed by atoms with Gasteiger partial charge in [0.25, 0.3) is 0 Å². The minimum Gasteiger partial charge on any atom is -0.332 e. The lowest BCUT2D eigenvalue weighted by Crippen LogP contribution is -2.44. The van der Waals surface area contributed by atoms with E-state index in [1.54, 1.807) is 0 Å². The van der Waals surface area contributed by atoms with Gasteiger partial charge in [-0.2, -0.15) is 5.26 Å². The van der Waals surface area contributed by atoms with Crippen LogP contribution in [-0.4, -0.2) is 17.0 Å². The Hall–Kier alpha value is -2.77. The Morgan fingerprint density at radius 1 is 1.17 bits per heavy atom. The zero-order chi connectivity index (χ0) is 19.6. The predicted molar refractivity (Wildman–Crippen MR) is 121 cm³/mol. The highest BCUT2D eigenvalue weighted by Crippen LogP contribution is 2.46. The summed E-state index contributed by atoms with van der Waals surface area (Å²) >= 11 is 1.94. The summed E-state index contributed by atoms with van der Waals surface area (Å²) in [6.07, 6.45) is 20.9. The van der Waals surface area contributed by atoms with Crippen LogP contribution in [0.4, 0.5) is 5.69 Å². The Morgan fingerprint density at radius 2 is 2.07 bits per heavy atom. The Labute approximate surface area is 176 Å². The van der Waals surface area contributed by atoms with Crippen molar-refractivity contribution in [1.29, 1.82) is 5.26 Å². The van der Waals surface area contributed by atoms with Gasteiger partial charge in [0.1, 0.15) is 0 Å². The van der Waals surface area contributed by atoms with E-state index in [0.717, 1.165) is 25.0 Å². The summed E-state index contributed by atoms with van der Waals surface area (Å²) < 4.78 is 0. The molecule has 2 heterocycles. The van der Waals surface area contributed by atoms with Crippen LogP contribution in [0.3, 0.4) is 0 Å². The molecule has 2 unspecified atom stereocenters. The molecule has 3 atom stereocenters. The molecule has 0 saturated heterocycles. The van der Waals surface area contributed by atoms with Crippen LogP contribution in [0.25, 0.3) is 0 Å². The second kappa shape index (κ2) is 7.93. The van der Waals surface area contributed by atoms with Crippen LogP contribution in [0, 0.1) is 17.2 Å². The lowest BCUT2D eigenvalue weighted by Gasteiger charge is -2.44. The molecule has 0 aromatic heterocycles. The van der Waals surface area contributed by atoms with Crippen molar-refractivity contribution >= 4 is 23.2 Å². The molecule has 1 aromatic carbocycles. The van der Waals surface area contributed by atoms with Gasteiger partial charge in [0, 0.05) is 29.1 Å². The molecule has 2 aliphatic carbocycles. The summed E-state index contributed by atoms with van der Waals surface area (Å²) in [7, 11) is 0. The molecule has 0 amide bonds. The van der Waals surface area contributed by atoms with Crippen molar-refractivity contribution in [2.24, 2.45) is 10.9 Å². The van der Waals surface area contributed by atoms with Crippen molar-refractivity contribution in [3.8, 4) is 6.07 Å². The predicted octanol–water partition coefficient (Wildman–Crippen LogP) is 5.95. The first-order chi connectivity index (χ1) is 14.4. The number of allylic oxidation sites excluding steroid dienone is 6. The number of rotatable bonds is 3. The standard InChI is InChI=1S/C25H23N3S/c26-16-15-18-8-7-17-27-25(18)19-9-1-2-10-20(19)28-21-11-3-5-13-23(21)29-24-14-6-4-12-22(24)28/h2-7,10-14,17-18,21,23H,1,8-9,15H2/t18?,21?,23-/m0/s1. The number of aliphatic imine (C=N–C) groups is 1. The molecule has 0 radical (unpaired) electrons. The van der Waals surface area contributed by atoms with Gasteiger partial charge in [0.05, 0.1) is 28.8 Å². The number of anilines is 1. The number of nitriles is 1. The van der Waals surface area contributed by atoms with Crippen LogP contribution in [0.15, 0.2) is 94.2 Å². The van der Waals surface area contributed by atoms with Gasteiger partial charge >= 0.3 is 0 Å². The van der Waals surface area contributed by atoms with Crippen LogP contribution >= 0.6 is 11.8 Å². The van der Waals surface area contributed by atoms with Crippen molar-refractivity contribution in [3.05, 3.63) is 84.3 Å². The van der Waals surface area contributed by atoms with Gasteiger partial charge in [-0.3, -0.25) is 4.99 Å². The maximum Gasteiger partial charge on any atom is 0.0683 e. The van der Waals surface area contributed by atoms with Gasteiger partial charge in [-0.1, -0.05) is 48.6 Å². The molecule has 2 aliphatic heterocycles. The molecule has 1 aromatic rings. The highest BCUT2D eigenvalue weighted by Gasteiger charge is 2.36. The molecule has 0 N–H and O–H groups in total. The Kier molecular flexibility index (Phi) is 4.99. The molecule has 29 heavy (non-hydrogen) atoms. The Balaban J connectivity index is 1.67. The second-order valence-electron chi connectivity index (χ2n) is 7.68. The third-order valence-electron chi connectivity index (χ3n) is 5.92. The molecular weight excluding hydrogens is 374 g/mol. The van der Waals surface area contributed by atoms with Crippen LogP contribution in [0.5, 0.6) is 0 Å². The zero-order valence-corrected chi connectivity index (χ0v) is 17.1. The number of hydrogen-bond acceptors (Lipinski definition) is 4. The van der Waals surface area contributed by atoms with E-state index in [1.165, 1.54) is 21.9 Å². The summed E-state index contributed by atoms with van der Waals surface area (Å²) in [6.45, 7) is 0. The number of para-hydroxylation sites is 1. The molecule has 0 spiro atoms. The Morgan fingerprint density at radius 3 is 3.00 bits per heavy atom. The normalized spacial score (nSPS) is 27.3. The van der Waals surface area contributed by atoms with E-state index in [-0.39, 0.29) is 12.0 Å². The largest absolute Gasteiger partial charge is 0.332 e. The number of benzene rings is 1. The molecule has 3 nitrogen and oxygen atoms in total. The minimum absolute atomic E-state index is 0.188. The van der Waals surface area contributed by atoms with Crippen LogP contribution < -0.4 is 4.90 Å². The zero-order valence-electron chi connectivity index (χ0n) is 16.2. The average Bonchev–Trinajstić information content (AvgIpc) is 2.78. The van der Waals surface area contributed by atoms with Gasteiger partial charge in [-0.05, 0) is 43.0 Å². The fraction of sp³-hybridized carbons (Fsp3) is 0.280. The summed E-state index contributed by atoms with van der Waals surface area (Å²) in [5, 5.41) is 9.74. The van der Waals surface area contributed by atoms with E-state index < -0.39 is 0 Å². The third-order valence-corrected chi connectivity index (χ3v) is 7.23. The number of nitrogens with zero attached hydrogens (tertiary/aromatic N) is 3. The highest BCUT2D eigenvalue weighted by molar-refractivity contribution is 8.00. The molecule has 0 fully saturated rings. The SMILES string of the molecule is N#CCC1CC=CN=C1C1=C(N2c3ccccc3S[C@H]3C=CC=CC32)C=CCC1. The molecule has 0 bridgehead atoms. The monoisotopic (exact) mass is 397 g/mol. The van der Waals surface area contributed by atoms with Crippen molar-refractivity contribution in [2.45, 2.75) is 41.9 Å². The van der Waals surface area contributed by atoms with Crippen molar-refractivity contribution in [3.63, 3.8) is 0 Å². The van der Waals surface area contributed by atoms with Crippen LogP contribution in [0.1, 0.15) is 25.7 Å². The smallest absolute Gasteiger partial charge is 0.0683 e. The first-order valence-corrected chi connectivity index (χ1v) is 11.1. The lowest BCUT2D eigenvalue weighted by molar-refractivity contribution is 0.700. The van der Waals surface area contributed by atoms with Gasteiger partial charge < -0.3 is 4.90 Å². The summed E-state index contributed by atoms with van der Waals surface area (Å²) in [6, 6.07) is 11.4. The summed E-state index contributed by atoms with van der Waals surface area (Å²) in [5.74, 6) is 0.188. The van der Waals surface area contributed by atoms with Gasteiger partial charge in [-0.15, -0.1) is 11.8 Å². The highest BCUT2D eigenvalue weighted by atomic mass is 32.2. The quantitative estimate of drug-likeness (QED) is 0.632. The first kappa shape index (κ1) is 18.3. The molecular formula is C25H23N3S. The molecule has 0 saturated carbocycles. The van der Waals surface area contributed by atoms with E-state index in [0.29, 0.717) is 11.7 Å². The van der Waals surface area contributed by atoms with Gasteiger partial charge in [0.15, 0.2) is 0 Å².